The lowest BCUT2D eigenvalue weighted by Crippen LogP contribution is -2.27. The van der Waals surface area contributed by atoms with Crippen molar-refractivity contribution < 1.29 is 4.79 Å². The van der Waals surface area contributed by atoms with E-state index in [2.05, 4.69) is 25.6 Å². The maximum Gasteiger partial charge on any atom is 0.275 e. The summed E-state index contributed by atoms with van der Waals surface area (Å²) in [6.45, 7) is 4.23. The Hall–Kier alpha value is -1.63. The van der Waals surface area contributed by atoms with Gasteiger partial charge in [-0.05, 0) is 45.3 Å². The summed E-state index contributed by atoms with van der Waals surface area (Å²) in [7, 11) is 0. The minimum Gasteiger partial charge on any atom is -0.380 e. The van der Waals surface area contributed by atoms with E-state index in [-0.39, 0.29) is 17.4 Å². The highest BCUT2D eigenvalue weighted by molar-refractivity contribution is 5.96. The molecule has 2 rings (SSSR count). The number of nitrogen functional groups attached to an aromatic ring is 1. The first-order valence-electron chi connectivity index (χ1n) is 6.44. The summed E-state index contributed by atoms with van der Waals surface area (Å²) in [4.78, 5) is 14.1. The number of rotatable bonds is 6. The average molecular weight is 252 g/mol. The van der Waals surface area contributed by atoms with Crippen LogP contribution in [0.3, 0.4) is 0 Å². The Labute approximate surface area is 106 Å². The molecule has 1 saturated heterocycles. The second kappa shape index (κ2) is 6.34. The zero-order chi connectivity index (χ0) is 12.8. The number of carbonyl (C=O) groups excluding carboxylic acids is 1. The van der Waals surface area contributed by atoms with E-state index < -0.39 is 0 Å². The summed E-state index contributed by atoms with van der Waals surface area (Å²) >= 11 is 0. The molecule has 1 aliphatic heterocycles. The molecule has 0 aromatic carbocycles. The minimum atomic E-state index is -0.262. The fraction of sp³-hybridized carbons (Fsp3) is 0.727. The van der Waals surface area contributed by atoms with E-state index in [0.717, 1.165) is 19.4 Å². The van der Waals surface area contributed by atoms with E-state index in [1.54, 1.807) is 0 Å². The molecule has 1 fully saturated rings. The molecule has 7 heteroatoms. The Morgan fingerprint density at radius 2 is 2.11 bits per heavy atom. The van der Waals surface area contributed by atoms with Crippen LogP contribution >= 0.6 is 0 Å². The third-order valence-corrected chi connectivity index (χ3v) is 3.18. The van der Waals surface area contributed by atoms with Gasteiger partial charge in [0.1, 0.15) is 0 Å². The summed E-state index contributed by atoms with van der Waals surface area (Å²) in [5.74, 6) is -0.119. The fourth-order valence-corrected chi connectivity index (χ4v) is 2.16. The zero-order valence-corrected chi connectivity index (χ0v) is 10.5. The molecule has 4 N–H and O–H groups in total. The SMILES string of the molecule is Nc1n[nH]nc1C(=O)NCCCCN1CCCC1. The van der Waals surface area contributed by atoms with Gasteiger partial charge in [-0.25, -0.2) is 0 Å². The van der Waals surface area contributed by atoms with Gasteiger partial charge in [-0.3, -0.25) is 4.79 Å². The standard InChI is InChI=1S/C11H20N6O/c12-10-9(14-16-15-10)11(18)13-5-1-2-6-17-7-3-4-8-17/h1-8H2,(H,13,18)(H3,12,14,15,16). The van der Waals surface area contributed by atoms with Crippen molar-refractivity contribution in [2.45, 2.75) is 25.7 Å². The average Bonchev–Trinajstić information content (AvgIpc) is 2.99. The molecule has 0 radical (unpaired) electrons. The van der Waals surface area contributed by atoms with Crippen LogP contribution in [0, 0.1) is 0 Å². The molecule has 1 amide bonds. The molecule has 18 heavy (non-hydrogen) atoms. The lowest BCUT2D eigenvalue weighted by Gasteiger charge is -2.13. The van der Waals surface area contributed by atoms with Crippen LogP contribution in [0.2, 0.25) is 0 Å². The molecular formula is C11H20N6O. The number of aromatic amines is 1. The van der Waals surface area contributed by atoms with Crippen LogP contribution in [0.25, 0.3) is 0 Å². The topological polar surface area (TPSA) is 99.9 Å². The third-order valence-electron chi connectivity index (χ3n) is 3.18. The molecule has 1 aromatic rings. The molecule has 2 heterocycles. The maximum atomic E-state index is 11.6. The Bertz CT molecular complexity index is 385. The fourth-order valence-electron chi connectivity index (χ4n) is 2.16. The van der Waals surface area contributed by atoms with Gasteiger partial charge in [0.05, 0.1) is 0 Å². The normalized spacial score (nSPS) is 16.0. The number of unbranched alkanes of at least 4 members (excludes halogenated alkanes) is 1. The van der Waals surface area contributed by atoms with Gasteiger partial charge in [0, 0.05) is 6.54 Å². The van der Waals surface area contributed by atoms with Crippen LogP contribution in [0.4, 0.5) is 5.82 Å². The smallest absolute Gasteiger partial charge is 0.275 e. The number of likely N-dealkylation sites (tertiary alicyclic amines) is 1. The highest BCUT2D eigenvalue weighted by atomic mass is 16.2. The van der Waals surface area contributed by atoms with Gasteiger partial charge in [-0.1, -0.05) is 0 Å². The van der Waals surface area contributed by atoms with Gasteiger partial charge < -0.3 is 16.0 Å². The van der Waals surface area contributed by atoms with Crippen molar-refractivity contribution in [1.29, 1.82) is 0 Å². The van der Waals surface area contributed by atoms with E-state index in [9.17, 15) is 4.79 Å². The van der Waals surface area contributed by atoms with Gasteiger partial charge in [0.15, 0.2) is 11.5 Å². The molecule has 0 unspecified atom stereocenters. The molecule has 0 spiro atoms. The maximum absolute atomic E-state index is 11.6. The van der Waals surface area contributed by atoms with Gasteiger partial charge in [-0.15, -0.1) is 10.2 Å². The Kier molecular flexibility index (Phi) is 4.52. The van der Waals surface area contributed by atoms with Crippen molar-refractivity contribution >= 4 is 11.7 Å². The van der Waals surface area contributed by atoms with Crippen LogP contribution in [0.5, 0.6) is 0 Å². The van der Waals surface area contributed by atoms with Gasteiger partial charge >= 0.3 is 0 Å². The van der Waals surface area contributed by atoms with E-state index in [0.29, 0.717) is 6.54 Å². The number of nitrogens with zero attached hydrogens (tertiary/aromatic N) is 3. The van der Waals surface area contributed by atoms with Gasteiger partial charge in [0.25, 0.3) is 5.91 Å². The van der Waals surface area contributed by atoms with Crippen LogP contribution in [-0.2, 0) is 0 Å². The lowest BCUT2D eigenvalue weighted by molar-refractivity contribution is 0.0948. The van der Waals surface area contributed by atoms with Crippen LogP contribution in [-0.4, -0.2) is 52.4 Å². The van der Waals surface area contributed by atoms with E-state index in [1.165, 1.54) is 25.9 Å². The monoisotopic (exact) mass is 252 g/mol. The molecule has 0 atom stereocenters. The van der Waals surface area contributed by atoms with E-state index >= 15 is 0 Å². The summed E-state index contributed by atoms with van der Waals surface area (Å²) in [6, 6.07) is 0. The van der Waals surface area contributed by atoms with Crippen LogP contribution in [0.15, 0.2) is 0 Å². The van der Waals surface area contributed by atoms with Gasteiger partial charge in [0.2, 0.25) is 0 Å². The van der Waals surface area contributed by atoms with Crippen molar-refractivity contribution in [3.63, 3.8) is 0 Å². The zero-order valence-electron chi connectivity index (χ0n) is 10.5. The number of hydrogen-bond acceptors (Lipinski definition) is 5. The first-order valence-corrected chi connectivity index (χ1v) is 6.44. The molecular weight excluding hydrogens is 232 g/mol. The highest BCUT2D eigenvalue weighted by Crippen LogP contribution is 2.08. The second-order valence-corrected chi connectivity index (χ2v) is 4.57. The number of amides is 1. The molecule has 0 aliphatic carbocycles. The summed E-state index contributed by atoms with van der Waals surface area (Å²) < 4.78 is 0. The van der Waals surface area contributed by atoms with Crippen molar-refractivity contribution in [3.05, 3.63) is 5.69 Å². The summed E-state index contributed by atoms with van der Waals surface area (Å²) in [5, 5.41) is 12.4. The Balaban J connectivity index is 1.58. The number of nitrogens with one attached hydrogen (secondary N) is 2. The molecule has 7 nitrogen and oxygen atoms in total. The third kappa shape index (κ3) is 3.43. The van der Waals surface area contributed by atoms with Gasteiger partial charge in [-0.2, -0.15) is 5.21 Å². The number of nitrogens with two attached hydrogens (primary N) is 1. The Morgan fingerprint density at radius 1 is 1.33 bits per heavy atom. The summed E-state index contributed by atoms with van der Waals surface area (Å²) in [6.07, 6.45) is 4.72. The quantitative estimate of drug-likeness (QED) is 0.618. The number of carbonyl (C=O) groups is 1. The van der Waals surface area contributed by atoms with Crippen molar-refractivity contribution in [3.8, 4) is 0 Å². The first kappa shape index (κ1) is 12.8. The number of hydrogen-bond donors (Lipinski definition) is 3. The second-order valence-electron chi connectivity index (χ2n) is 4.57. The predicted octanol–water partition coefficient (Wildman–Crippen LogP) is -0.00730. The van der Waals surface area contributed by atoms with E-state index in [1.807, 2.05) is 0 Å². The highest BCUT2D eigenvalue weighted by Gasteiger charge is 2.13. The molecule has 1 aliphatic rings. The molecule has 100 valence electrons. The predicted molar refractivity (Wildman–Crippen MR) is 68.0 cm³/mol. The first-order chi connectivity index (χ1) is 8.77. The molecule has 0 bridgehead atoms. The lowest BCUT2D eigenvalue weighted by atomic mass is 10.3. The molecule has 0 saturated carbocycles. The largest absolute Gasteiger partial charge is 0.380 e. The molecule has 1 aromatic heterocycles. The Morgan fingerprint density at radius 3 is 2.78 bits per heavy atom. The number of aromatic nitrogens is 3. The van der Waals surface area contributed by atoms with Crippen molar-refractivity contribution in [2.75, 3.05) is 31.9 Å². The van der Waals surface area contributed by atoms with E-state index in [4.69, 9.17) is 5.73 Å². The summed E-state index contributed by atoms with van der Waals surface area (Å²) in [5.41, 5.74) is 5.66. The van der Waals surface area contributed by atoms with Crippen LogP contribution in [0.1, 0.15) is 36.2 Å². The number of anilines is 1. The minimum absolute atomic E-state index is 0.143. The number of H-pyrrole nitrogens is 1. The van der Waals surface area contributed by atoms with Crippen molar-refractivity contribution in [1.82, 2.24) is 25.6 Å². The van der Waals surface area contributed by atoms with Crippen molar-refractivity contribution in [2.24, 2.45) is 0 Å². The van der Waals surface area contributed by atoms with Crippen LogP contribution < -0.4 is 11.1 Å².